The molecule has 90 valence electrons. The van der Waals surface area contributed by atoms with Gasteiger partial charge in [0.15, 0.2) is 6.61 Å². The predicted molar refractivity (Wildman–Crippen MR) is 65.2 cm³/mol. The molecule has 4 heteroatoms. The summed E-state index contributed by atoms with van der Waals surface area (Å²) in [5, 5.41) is 3.46. The van der Waals surface area contributed by atoms with Crippen molar-refractivity contribution >= 4 is 11.6 Å². The van der Waals surface area contributed by atoms with Crippen LogP contribution in [0.4, 0.5) is 5.69 Å². The van der Waals surface area contributed by atoms with Crippen LogP contribution in [-0.4, -0.2) is 25.6 Å². The number of nitrogens with zero attached hydrogens (tertiary/aromatic N) is 1. The molecule has 0 radical (unpaired) electrons. The topological polar surface area (TPSA) is 41.6 Å². The van der Waals surface area contributed by atoms with Gasteiger partial charge in [0.1, 0.15) is 5.75 Å². The molecule has 1 aromatic carbocycles. The van der Waals surface area contributed by atoms with E-state index in [0.717, 1.165) is 18.0 Å². The highest BCUT2D eigenvalue weighted by atomic mass is 16.5. The normalized spacial score (nSPS) is 18.9. The standard InChI is InChI=1S/C13H16N2O2/c1-15-11-6-9(7-14-10-3-4-10)2-5-12(11)17-8-13(15)16/h2,5-6,10,14H,3-4,7-8H2,1H3. The third-order valence-electron chi connectivity index (χ3n) is 3.28. The van der Waals surface area contributed by atoms with Crippen LogP contribution in [0.25, 0.3) is 0 Å². The maximum Gasteiger partial charge on any atom is 0.264 e. The summed E-state index contributed by atoms with van der Waals surface area (Å²) in [6.07, 6.45) is 2.57. The zero-order valence-electron chi connectivity index (χ0n) is 9.90. The predicted octanol–water partition coefficient (Wildman–Crippen LogP) is 1.29. The second-order valence-corrected chi connectivity index (χ2v) is 4.70. The quantitative estimate of drug-likeness (QED) is 0.854. The van der Waals surface area contributed by atoms with Crippen LogP contribution in [0, 0.1) is 0 Å². The number of fused-ring (bicyclic) bond motifs is 1. The first kappa shape index (κ1) is 10.6. The minimum absolute atomic E-state index is 0.00445. The Balaban J connectivity index is 1.80. The Morgan fingerprint density at radius 3 is 3.06 bits per heavy atom. The molecule has 1 saturated carbocycles. The van der Waals surface area contributed by atoms with E-state index in [0.29, 0.717) is 6.04 Å². The molecule has 1 N–H and O–H groups in total. The number of hydrogen-bond donors (Lipinski definition) is 1. The summed E-state index contributed by atoms with van der Waals surface area (Å²) >= 11 is 0. The molecule has 17 heavy (non-hydrogen) atoms. The third kappa shape index (κ3) is 2.13. The second kappa shape index (κ2) is 4.04. The molecule has 1 aliphatic carbocycles. The lowest BCUT2D eigenvalue weighted by atomic mass is 10.1. The summed E-state index contributed by atoms with van der Waals surface area (Å²) < 4.78 is 5.39. The van der Waals surface area contributed by atoms with E-state index in [1.807, 2.05) is 12.1 Å². The number of likely N-dealkylation sites (N-methyl/N-ethyl adjacent to an activating group) is 1. The van der Waals surface area contributed by atoms with Crippen LogP contribution in [0.15, 0.2) is 18.2 Å². The van der Waals surface area contributed by atoms with E-state index in [1.54, 1.807) is 11.9 Å². The fraction of sp³-hybridized carbons (Fsp3) is 0.462. The molecule has 0 saturated heterocycles. The van der Waals surface area contributed by atoms with Crippen molar-refractivity contribution in [2.75, 3.05) is 18.6 Å². The van der Waals surface area contributed by atoms with Crippen LogP contribution in [0.2, 0.25) is 0 Å². The van der Waals surface area contributed by atoms with Crippen molar-refractivity contribution in [2.24, 2.45) is 0 Å². The molecule has 1 fully saturated rings. The van der Waals surface area contributed by atoms with Crippen molar-refractivity contribution in [3.63, 3.8) is 0 Å². The van der Waals surface area contributed by atoms with Gasteiger partial charge < -0.3 is 15.0 Å². The van der Waals surface area contributed by atoms with Gasteiger partial charge in [0.25, 0.3) is 5.91 Å². The summed E-state index contributed by atoms with van der Waals surface area (Å²) in [6, 6.07) is 6.73. The van der Waals surface area contributed by atoms with E-state index in [4.69, 9.17) is 4.74 Å². The Bertz CT molecular complexity index is 455. The number of carbonyl (C=O) groups excluding carboxylic acids is 1. The molecule has 3 rings (SSSR count). The van der Waals surface area contributed by atoms with E-state index in [1.165, 1.54) is 18.4 Å². The molecular weight excluding hydrogens is 216 g/mol. The third-order valence-corrected chi connectivity index (χ3v) is 3.28. The average molecular weight is 232 g/mol. The van der Waals surface area contributed by atoms with Crippen molar-refractivity contribution in [3.8, 4) is 5.75 Å². The molecule has 0 atom stereocenters. The van der Waals surface area contributed by atoms with Gasteiger partial charge in [-0.2, -0.15) is 0 Å². The Hall–Kier alpha value is -1.55. The monoisotopic (exact) mass is 232 g/mol. The molecule has 0 unspecified atom stereocenters. The fourth-order valence-electron chi connectivity index (χ4n) is 1.98. The van der Waals surface area contributed by atoms with Crippen LogP contribution in [0.5, 0.6) is 5.75 Å². The Labute approximate surface area is 101 Å². The van der Waals surface area contributed by atoms with Gasteiger partial charge in [0.2, 0.25) is 0 Å². The maximum absolute atomic E-state index is 11.5. The Morgan fingerprint density at radius 1 is 1.47 bits per heavy atom. The lowest BCUT2D eigenvalue weighted by molar-refractivity contribution is -0.120. The number of carbonyl (C=O) groups is 1. The number of rotatable bonds is 3. The molecule has 1 amide bonds. The lowest BCUT2D eigenvalue weighted by Crippen LogP contribution is -2.35. The lowest BCUT2D eigenvalue weighted by Gasteiger charge is -2.26. The van der Waals surface area contributed by atoms with Crippen molar-refractivity contribution in [3.05, 3.63) is 23.8 Å². The molecular formula is C13H16N2O2. The molecule has 1 aromatic rings. The van der Waals surface area contributed by atoms with Crippen LogP contribution < -0.4 is 15.0 Å². The molecule has 0 spiro atoms. The van der Waals surface area contributed by atoms with Crippen molar-refractivity contribution in [2.45, 2.75) is 25.4 Å². The largest absolute Gasteiger partial charge is 0.482 e. The summed E-state index contributed by atoms with van der Waals surface area (Å²) in [6.45, 7) is 1.00. The highest BCUT2D eigenvalue weighted by molar-refractivity contribution is 5.97. The highest BCUT2D eigenvalue weighted by Crippen LogP contribution is 2.32. The zero-order valence-corrected chi connectivity index (χ0v) is 9.90. The Kier molecular flexibility index (Phi) is 2.52. The van der Waals surface area contributed by atoms with E-state index in [9.17, 15) is 4.79 Å². The van der Waals surface area contributed by atoms with E-state index in [-0.39, 0.29) is 12.5 Å². The van der Waals surface area contributed by atoms with E-state index in [2.05, 4.69) is 11.4 Å². The first-order valence-electron chi connectivity index (χ1n) is 6.00. The molecule has 2 aliphatic rings. The SMILES string of the molecule is CN1C(=O)COc2ccc(CNC3CC3)cc21. The van der Waals surface area contributed by atoms with Crippen molar-refractivity contribution in [1.29, 1.82) is 0 Å². The van der Waals surface area contributed by atoms with Crippen molar-refractivity contribution in [1.82, 2.24) is 5.32 Å². The summed E-state index contributed by atoms with van der Waals surface area (Å²) in [7, 11) is 1.79. The summed E-state index contributed by atoms with van der Waals surface area (Å²) in [4.78, 5) is 13.2. The number of nitrogens with one attached hydrogen (secondary N) is 1. The average Bonchev–Trinajstić information content (AvgIpc) is 3.16. The number of anilines is 1. The van der Waals surface area contributed by atoms with Gasteiger partial charge >= 0.3 is 0 Å². The molecule has 0 aromatic heterocycles. The smallest absolute Gasteiger partial charge is 0.264 e. The van der Waals surface area contributed by atoms with Crippen LogP contribution in [0.1, 0.15) is 18.4 Å². The Morgan fingerprint density at radius 2 is 2.29 bits per heavy atom. The van der Waals surface area contributed by atoms with Gasteiger partial charge in [-0.3, -0.25) is 4.79 Å². The number of hydrogen-bond acceptors (Lipinski definition) is 3. The first-order chi connectivity index (χ1) is 8.24. The van der Waals surface area contributed by atoms with Crippen LogP contribution in [-0.2, 0) is 11.3 Å². The molecule has 0 bridgehead atoms. The van der Waals surface area contributed by atoms with Crippen molar-refractivity contribution < 1.29 is 9.53 Å². The van der Waals surface area contributed by atoms with Gasteiger partial charge in [-0.15, -0.1) is 0 Å². The van der Waals surface area contributed by atoms with Gasteiger partial charge in [-0.1, -0.05) is 6.07 Å². The fourth-order valence-corrected chi connectivity index (χ4v) is 1.98. The van der Waals surface area contributed by atoms with Crippen LogP contribution >= 0.6 is 0 Å². The van der Waals surface area contributed by atoms with E-state index < -0.39 is 0 Å². The first-order valence-corrected chi connectivity index (χ1v) is 6.00. The molecule has 1 aliphatic heterocycles. The molecule has 4 nitrogen and oxygen atoms in total. The van der Waals surface area contributed by atoms with Gasteiger partial charge in [0, 0.05) is 19.6 Å². The number of benzene rings is 1. The minimum Gasteiger partial charge on any atom is -0.482 e. The maximum atomic E-state index is 11.5. The van der Waals surface area contributed by atoms with Gasteiger partial charge in [-0.05, 0) is 30.5 Å². The zero-order chi connectivity index (χ0) is 11.8. The summed E-state index contributed by atoms with van der Waals surface area (Å²) in [5.74, 6) is 0.798. The van der Waals surface area contributed by atoms with Crippen LogP contribution in [0.3, 0.4) is 0 Å². The minimum atomic E-state index is 0.00445. The number of ether oxygens (including phenoxy) is 1. The van der Waals surface area contributed by atoms with Gasteiger partial charge in [0.05, 0.1) is 5.69 Å². The van der Waals surface area contributed by atoms with E-state index >= 15 is 0 Å². The number of amides is 1. The molecule has 1 heterocycles. The summed E-state index contributed by atoms with van der Waals surface area (Å²) in [5.41, 5.74) is 2.07. The van der Waals surface area contributed by atoms with Gasteiger partial charge in [-0.25, -0.2) is 0 Å². The second-order valence-electron chi connectivity index (χ2n) is 4.70. The highest BCUT2D eigenvalue weighted by Gasteiger charge is 2.23.